The molecular weight excluding hydrogens is 452 g/mol. The van der Waals surface area contributed by atoms with E-state index in [2.05, 4.69) is 4.99 Å². The zero-order valence-corrected chi connectivity index (χ0v) is 19.0. The summed E-state index contributed by atoms with van der Waals surface area (Å²) in [5.74, 6) is 0. The van der Waals surface area contributed by atoms with Crippen LogP contribution in [0.1, 0.15) is 5.56 Å². The average Bonchev–Trinajstić information content (AvgIpc) is 2.64. The number of aliphatic imine (C=N–C) groups is 1. The molecule has 0 bridgehead atoms. The lowest BCUT2D eigenvalue weighted by Gasteiger charge is -2.24. The fraction of sp³-hybridized carbons (Fsp3) is 0.316. The zero-order valence-electron chi connectivity index (χ0n) is 16.6. The number of nitrogens with zero attached hydrogens (tertiary/aromatic N) is 2. The van der Waals surface area contributed by atoms with Crippen LogP contribution in [-0.4, -0.2) is 61.9 Å². The highest BCUT2D eigenvalue weighted by atomic mass is 35.5. The largest absolute Gasteiger partial charge is 0.367 e. The van der Waals surface area contributed by atoms with Gasteiger partial charge in [0.25, 0.3) is 20.2 Å². The van der Waals surface area contributed by atoms with Gasteiger partial charge in [0.15, 0.2) is 0 Å². The second-order valence-electron chi connectivity index (χ2n) is 6.37. The van der Waals surface area contributed by atoms with Crippen LogP contribution in [0.4, 0.5) is 11.4 Å². The van der Waals surface area contributed by atoms with Gasteiger partial charge in [-0.15, -0.1) is 0 Å². The van der Waals surface area contributed by atoms with E-state index >= 15 is 0 Å². The molecule has 30 heavy (non-hydrogen) atoms. The van der Waals surface area contributed by atoms with Crippen molar-refractivity contribution in [3.63, 3.8) is 0 Å². The topological polar surface area (TPSA) is 102 Å². The number of benzene rings is 2. The molecule has 0 radical (unpaired) electrons. The van der Waals surface area contributed by atoms with Gasteiger partial charge in [-0.3, -0.25) is 13.4 Å². The van der Waals surface area contributed by atoms with Crippen molar-refractivity contribution < 1.29 is 25.2 Å². The molecular formula is C19H23ClN2O6S2. The Labute approximate surface area is 182 Å². The van der Waals surface area contributed by atoms with E-state index < -0.39 is 20.2 Å². The monoisotopic (exact) mass is 474 g/mol. The molecule has 8 nitrogen and oxygen atoms in total. The Morgan fingerprint density at radius 2 is 1.50 bits per heavy atom. The summed E-state index contributed by atoms with van der Waals surface area (Å²) in [6, 6.07) is 14.5. The highest BCUT2D eigenvalue weighted by molar-refractivity contribution is 7.86. The fourth-order valence-electron chi connectivity index (χ4n) is 2.44. The van der Waals surface area contributed by atoms with E-state index in [1.807, 2.05) is 36.4 Å². The lowest BCUT2D eigenvalue weighted by Crippen LogP contribution is -2.32. The highest BCUT2D eigenvalue weighted by Gasteiger charge is 2.11. The maximum Gasteiger partial charge on any atom is 0.264 e. The second-order valence-corrected chi connectivity index (χ2v) is 10.1. The fourth-order valence-corrected chi connectivity index (χ4v) is 3.38. The predicted octanol–water partition coefficient (Wildman–Crippen LogP) is 2.85. The van der Waals surface area contributed by atoms with Crippen LogP contribution in [0.3, 0.4) is 0 Å². The van der Waals surface area contributed by atoms with E-state index in [1.165, 1.54) is 0 Å². The molecule has 164 valence electrons. The van der Waals surface area contributed by atoms with Crippen molar-refractivity contribution in [3.05, 3.63) is 59.1 Å². The zero-order chi connectivity index (χ0) is 22.2. The van der Waals surface area contributed by atoms with E-state index in [1.54, 1.807) is 23.2 Å². The molecule has 0 N–H and O–H groups in total. The van der Waals surface area contributed by atoms with Crippen molar-refractivity contribution in [2.75, 3.05) is 43.7 Å². The predicted molar refractivity (Wildman–Crippen MR) is 119 cm³/mol. The second kappa shape index (κ2) is 10.9. The molecule has 2 aromatic carbocycles. The number of rotatable bonds is 11. The molecule has 0 heterocycles. The average molecular weight is 475 g/mol. The summed E-state index contributed by atoms with van der Waals surface area (Å²) < 4.78 is 54.3. The summed E-state index contributed by atoms with van der Waals surface area (Å²) in [5, 5.41) is 0.600. The molecule has 0 spiro atoms. The van der Waals surface area contributed by atoms with Crippen LogP contribution in [0.15, 0.2) is 53.5 Å². The van der Waals surface area contributed by atoms with Crippen molar-refractivity contribution in [2.45, 2.75) is 0 Å². The third-order valence-electron chi connectivity index (χ3n) is 3.75. The summed E-state index contributed by atoms with van der Waals surface area (Å²) in [5.41, 5.74) is 2.33. The molecule has 0 aliphatic rings. The summed E-state index contributed by atoms with van der Waals surface area (Å²) in [6.45, 7) is 0.317. The maximum absolute atomic E-state index is 11.2. The SMILES string of the molecule is CS(=O)(=O)OCCN(CCOS(C)(=O)=O)c1ccc(C=Nc2cccc(Cl)c2)cc1. The van der Waals surface area contributed by atoms with Gasteiger partial charge >= 0.3 is 0 Å². The first-order valence-corrected chi connectivity index (χ1v) is 12.9. The first kappa shape index (κ1) is 24.3. The van der Waals surface area contributed by atoms with Gasteiger partial charge in [0.05, 0.1) is 31.4 Å². The molecule has 11 heteroatoms. The molecule has 0 unspecified atom stereocenters. The van der Waals surface area contributed by atoms with E-state index in [4.69, 9.17) is 20.0 Å². The number of halogens is 1. The van der Waals surface area contributed by atoms with Gasteiger partial charge in [-0.05, 0) is 35.9 Å². The Morgan fingerprint density at radius 1 is 0.933 bits per heavy atom. The lowest BCUT2D eigenvalue weighted by atomic mass is 10.2. The number of hydrogen-bond donors (Lipinski definition) is 0. The Bertz CT molecular complexity index is 1030. The maximum atomic E-state index is 11.2. The third kappa shape index (κ3) is 9.68. The summed E-state index contributed by atoms with van der Waals surface area (Å²) >= 11 is 5.95. The van der Waals surface area contributed by atoms with Gasteiger partial charge in [-0.1, -0.05) is 29.8 Å². The molecule has 0 fully saturated rings. The molecule has 0 aliphatic carbocycles. The van der Waals surface area contributed by atoms with Gasteiger partial charge in [0.1, 0.15) is 0 Å². The number of hydrogen-bond acceptors (Lipinski definition) is 8. The van der Waals surface area contributed by atoms with Gasteiger partial charge in [0, 0.05) is 30.0 Å². The van der Waals surface area contributed by atoms with Crippen LogP contribution in [0.5, 0.6) is 0 Å². The summed E-state index contributed by atoms with van der Waals surface area (Å²) in [4.78, 5) is 6.14. The minimum Gasteiger partial charge on any atom is -0.367 e. The number of anilines is 1. The van der Waals surface area contributed by atoms with E-state index in [-0.39, 0.29) is 26.3 Å². The van der Waals surface area contributed by atoms with E-state index in [9.17, 15) is 16.8 Å². The van der Waals surface area contributed by atoms with Crippen LogP contribution in [0.2, 0.25) is 5.02 Å². The summed E-state index contributed by atoms with van der Waals surface area (Å²) in [6.07, 6.45) is 3.63. The van der Waals surface area contributed by atoms with Crippen LogP contribution in [0.25, 0.3) is 0 Å². The van der Waals surface area contributed by atoms with Crippen molar-refractivity contribution in [1.82, 2.24) is 0 Å². The standard InChI is InChI=1S/C19H23ClN2O6S2/c1-29(23,24)27-12-10-22(11-13-28-30(2,25)26)19-8-6-16(7-9-19)15-21-18-5-3-4-17(20)14-18/h3-9,14-15H,10-13H2,1-2H3. The van der Waals surface area contributed by atoms with E-state index in [0.717, 1.165) is 29.4 Å². The van der Waals surface area contributed by atoms with Crippen LogP contribution < -0.4 is 4.90 Å². The Balaban J connectivity index is 2.07. The normalized spacial score (nSPS) is 12.4. The molecule has 2 aromatic rings. The molecule has 2 rings (SSSR count). The first-order valence-electron chi connectivity index (χ1n) is 8.85. The smallest absolute Gasteiger partial charge is 0.264 e. The lowest BCUT2D eigenvalue weighted by molar-refractivity contribution is 0.309. The molecule has 0 aliphatic heterocycles. The van der Waals surface area contributed by atoms with Crippen LogP contribution in [0, 0.1) is 0 Å². The Morgan fingerprint density at radius 3 is 2.00 bits per heavy atom. The highest BCUT2D eigenvalue weighted by Crippen LogP contribution is 2.19. The van der Waals surface area contributed by atoms with Crippen LogP contribution >= 0.6 is 11.6 Å². The van der Waals surface area contributed by atoms with E-state index in [0.29, 0.717) is 5.02 Å². The van der Waals surface area contributed by atoms with Crippen molar-refractivity contribution >= 4 is 49.4 Å². The Hall–Kier alpha value is -1.98. The van der Waals surface area contributed by atoms with Gasteiger partial charge in [-0.2, -0.15) is 16.8 Å². The van der Waals surface area contributed by atoms with Gasteiger partial charge in [-0.25, -0.2) is 0 Å². The molecule has 0 amide bonds. The van der Waals surface area contributed by atoms with Crippen molar-refractivity contribution in [1.29, 1.82) is 0 Å². The van der Waals surface area contributed by atoms with Gasteiger partial charge < -0.3 is 4.90 Å². The minimum atomic E-state index is -3.57. The quantitative estimate of drug-likeness (QED) is 0.364. The van der Waals surface area contributed by atoms with Crippen molar-refractivity contribution in [3.8, 4) is 0 Å². The molecule has 0 aromatic heterocycles. The third-order valence-corrected chi connectivity index (χ3v) is 5.17. The Kier molecular flexibility index (Phi) is 8.80. The minimum absolute atomic E-state index is 0.0737. The van der Waals surface area contributed by atoms with Gasteiger partial charge in [0.2, 0.25) is 0 Å². The molecule has 0 saturated carbocycles. The van der Waals surface area contributed by atoms with Crippen LogP contribution in [-0.2, 0) is 28.6 Å². The summed E-state index contributed by atoms with van der Waals surface area (Å²) in [7, 11) is -7.14. The molecule has 0 atom stereocenters. The molecule has 0 saturated heterocycles. The first-order chi connectivity index (χ1) is 14.0. The van der Waals surface area contributed by atoms with Crippen molar-refractivity contribution in [2.24, 2.45) is 4.99 Å².